The van der Waals surface area contributed by atoms with Crippen LogP contribution in [0.25, 0.3) is 0 Å². The normalized spacial score (nSPS) is 18.6. The molecule has 0 aromatic heterocycles. The van der Waals surface area contributed by atoms with E-state index in [0.717, 1.165) is 37.4 Å². The van der Waals surface area contributed by atoms with Crippen molar-refractivity contribution in [3.8, 4) is 0 Å². The molecule has 1 N–H and O–H groups in total. The van der Waals surface area contributed by atoms with E-state index in [4.69, 9.17) is 9.47 Å². The largest absolute Gasteiger partial charge is 0.494 e. The molecule has 1 heterocycles. The van der Waals surface area contributed by atoms with Gasteiger partial charge in [-0.05, 0) is 62.4 Å². The van der Waals surface area contributed by atoms with E-state index in [1.165, 1.54) is 6.42 Å². The molecule has 0 saturated carbocycles. The van der Waals surface area contributed by atoms with E-state index >= 15 is 0 Å². The summed E-state index contributed by atoms with van der Waals surface area (Å²) >= 11 is 0. The standard InChI is InChI=1S/C20H33NO3.C14H20N2O/c1-15(2)21(6)19(22)16-9-10-17(20(3,4)5)14-18(13-16)24-12-8-11-23-7;1-16(11-13-7-8-15-10-13)14(17)9-12-5-3-2-4-6-12/h9-10,13-15,17H,8,11-12H2,1-7H3;2-6,13,15H,7-11H2,1H3. The number of allylic oxidation sites excluding steroid dienone is 3. The summed E-state index contributed by atoms with van der Waals surface area (Å²) in [5, 5.41) is 3.33. The van der Waals surface area contributed by atoms with Crippen LogP contribution in [0.3, 0.4) is 0 Å². The first-order valence-corrected chi connectivity index (χ1v) is 14.9. The van der Waals surface area contributed by atoms with E-state index in [1.807, 2.05) is 75.3 Å². The lowest BCUT2D eigenvalue weighted by Crippen LogP contribution is -2.33. The Morgan fingerprint density at radius 3 is 2.39 bits per heavy atom. The maximum Gasteiger partial charge on any atom is 0.253 e. The van der Waals surface area contributed by atoms with Gasteiger partial charge in [0.25, 0.3) is 5.91 Å². The molecular formula is C34H53N3O4. The zero-order valence-electron chi connectivity index (χ0n) is 26.6. The van der Waals surface area contributed by atoms with Gasteiger partial charge in [-0.1, -0.05) is 63.3 Å². The highest BCUT2D eigenvalue weighted by atomic mass is 16.5. The molecule has 2 atom stereocenters. The Bertz CT molecular complexity index is 1030. The molecule has 2 amide bonds. The number of ether oxygens (including phenoxy) is 2. The molecule has 1 saturated heterocycles. The first-order chi connectivity index (χ1) is 19.4. The van der Waals surface area contributed by atoms with Crippen molar-refractivity contribution >= 4 is 11.8 Å². The van der Waals surface area contributed by atoms with Crippen LogP contribution in [-0.4, -0.2) is 81.7 Å². The number of hydrogen-bond donors (Lipinski definition) is 1. The average Bonchev–Trinajstić information content (AvgIpc) is 3.34. The summed E-state index contributed by atoms with van der Waals surface area (Å²) in [5.74, 6) is 1.82. The number of likely N-dealkylation sites (N-methyl/N-ethyl adjacent to an activating group) is 2. The van der Waals surface area contributed by atoms with Crippen molar-refractivity contribution in [3.05, 3.63) is 71.5 Å². The van der Waals surface area contributed by atoms with E-state index < -0.39 is 0 Å². The van der Waals surface area contributed by atoms with Crippen molar-refractivity contribution in [2.24, 2.45) is 17.3 Å². The molecule has 1 aliphatic carbocycles. The number of methoxy groups -OCH3 is 1. The van der Waals surface area contributed by atoms with Crippen molar-refractivity contribution in [2.75, 3.05) is 54.1 Å². The van der Waals surface area contributed by atoms with E-state index in [-0.39, 0.29) is 29.2 Å². The summed E-state index contributed by atoms with van der Waals surface area (Å²) in [7, 11) is 5.42. The Kier molecular flexibility index (Phi) is 14.3. The minimum absolute atomic E-state index is 0.0159. The molecule has 0 bridgehead atoms. The van der Waals surface area contributed by atoms with E-state index in [2.05, 4.69) is 38.2 Å². The number of carbonyl (C=O) groups is 2. The quantitative estimate of drug-likeness (QED) is 0.370. The summed E-state index contributed by atoms with van der Waals surface area (Å²) < 4.78 is 11.0. The van der Waals surface area contributed by atoms with Gasteiger partial charge in [-0.2, -0.15) is 0 Å². The first kappa shape index (κ1) is 34.3. The lowest BCUT2D eigenvalue weighted by Gasteiger charge is -2.25. The lowest BCUT2D eigenvalue weighted by atomic mass is 9.80. The van der Waals surface area contributed by atoms with E-state index in [1.54, 1.807) is 12.0 Å². The van der Waals surface area contributed by atoms with Gasteiger partial charge in [-0.25, -0.2) is 0 Å². The van der Waals surface area contributed by atoms with Crippen LogP contribution in [0, 0.1) is 17.3 Å². The van der Waals surface area contributed by atoms with Gasteiger partial charge in [-0.15, -0.1) is 0 Å². The van der Waals surface area contributed by atoms with Gasteiger partial charge in [0.1, 0.15) is 5.76 Å². The highest BCUT2D eigenvalue weighted by Gasteiger charge is 2.25. The molecule has 0 spiro atoms. The third-order valence-electron chi connectivity index (χ3n) is 7.55. The fraction of sp³-hybridized carbons (Fsp3) is 0.588. The molecular weight excluding hydrogens is 514 g/mol. The molecule has 0 radical (unpaired) electrons. The zero-order chi connectivity index (χ0) is 30.4. The minimum Gasteiger partial charge on any atom is -0.494 e. The third kappa shape index (κ3) is 12.2. The minimum atomic E-state index is 0.0159. The summed E-state index contributed by atoms with van der Waals surface area (Å²) in [6.07, 6.45) is 10.5. The van der Waals surface area contributed by atoms with Crippen molar-refractivity contribution in [3.63, 3.8) is 0 Å². The Balaban J connectivity index is 0.000000303. The van der Waals surface area contributed by atoms with Crippen molar-refractivity contribution in [2.45, 2.75) is 59.9 Å². The van der Waals surface area contributed by atoms with Crippen LogP contribution in [0.1, 0.15) is 53.0 Å². The van der Waals surface area contributed by atoms with Crippen LogP contribution in [0.15, 0.2) is 66.0 Å². The number of benzene rings is 1. The van der Waals surface area contributed by atoms with Crippen molar-refractivity contribution < 1.29 is 19.1 Å². The van der Waals surface area contributed by atoms with Crippen LogP contribution in [0.5, 0.6) is 0 Å². The van der Waals surface area contributed by atoms with Crippen LogP contribution in [0.4, 0.5) is 0 Å². The highest BCUT2D eigenvalue weighted by molar-refractivity contribution is 5.96. The summed E-state index contributed by atoms with van der Waals surface area (Å²) in [4.78, 5) is 28.3. The SMILES string of the molecule is CN(CC1CCNC1)C(=O)Cc1ccccc1.COCCCOC1=CC(C(C)(C)C)C=CC(C(=O)N(C)C(C)C)=C1. The van der Waals surface area contributed by atoms with Gasteiger partial charge in [0.15, 0.2) is 0 Å². The molecule has 2 unspecified atom stereocenters. The molecule has 1 aliphatic heterocycles. The van der Waals surface area contributed by atoms with E-state index in [9.17, 15) is 9.59 Å². The Hall–Kier alpha value is -2.90. The second-order valence-electron chi connectivity index (χ2n) is 12.4. The summed E-state index contributed by atoms with van der Waals surface area (Å²) in [6, 6.07) is 10.1. The zero-order valence-corrected chi connectivity index (χ0v) is 26.6. The summed E-state index contributed by atoms with van der Waals surface area (Å²) in [5.41, 5.74) is 1.82. The number of amides is 2. The number of hydrogen-bond acceptors (Lipinski definition) is 5. The monoisotopic (exact) mass is 567 g/mol. The van der Waals surface area contributed by atoms with Crippen LogP contribution >= 0.6 is 0 Å². The van der Waals surface area contributed by atoms with Crippen molar-refractivity contribution in [1.29, 1.82) is 0 Å². The molecule has 228 valence electrons. The van der Waals surface area contributed by atoms with Gasteiger partial charge < -0.3 is 24.6 Å². The van der Waals surface area contributed by atoms with Crippen LogP contribution in [-0.2, 0) is 25.5 Å². The molecule has 3 rings (SSSR count). The van der Waals surface area contributed by atoms with Crippen LogP contribution < -0.4 is 5.32 Å². The van der Waals surface area contributed by atoms with Gasteiger partial charge in [0.2, 0.25) is 5.91 Å². The Morgan fingerprint density at radius 1 is 1.10 bits per heavy atom. The molecule has 2 aliphatic rings. The number of carbonyl (C=O) groups excluding carboxylic acids is 2. The second kappa shape index (κ2) is 17.1. The topological polar surface area (TPSA) is 71.1 Å². The van der Waals surface area contributed by atoms with Crippen LogP contribution in [0.2, 0.25) is 0 Å². The second-order valence-corrected chi connectivity index (χ2v) is 12.4. The third-order valence-corrected chi connectivity index (χ3v) is 7.55. The smallest absolute Gasteiger partial charge is 0.253 e. The average molecular weight is 568 g/mol. The van der Waals surface area contributed by atoms with Gasteiger partial charge in [0, 0.05) is 58.3 Å². The fourth-order valence-corrected chi connectivity index (χ4v) is 4.55. The number of rotatable bonds is 11. The number of nitrogens with one attached hydrogen (secondary N) is 1. The van der Waals surface area contributed by atoms with Gasteiger partial charge in [0.05, 0.1) is 13.0 Å². The van der Waals surface area contributed by atoms with E-state index in [0.29, 0.717) is 31.1 Å². The molecule has 1 fully saturated rings. The maximum absolute atomic E-state index is 12.7. The maximum atomic E-state index is 12.7. The highest BCUT2D eigenvalue weighted by Crippen LogP contribution is 2.32. The first-order valence-electron chi connectivity index (χ1n) is 14.9. The molecule has 7 heteroatoms. The van der Waals surface area contributed by atoms with Gasteiger partial charge in [-0.3, -0.25) is 9.59 Å². The molecule has 41 heavy (non-hydrogen) atoms. The lowest BCUT2D eigenvalue weighted by molar-refractivity contribution is -0.129. The predicted octanol–water partition coefficient (Wildman–Crippen LogP) is 5.25. The number of nitrogens with zero attached hydrogens (tertiary/aromatic N) is 2. The molecule has 7 nitrogen and oxygen atoms in total. The predicted molar refractivity (Wildman–Crippen MR) is 167 cm³/mol. The summed E-state index contributed by atoms with van der Waals surface area (Å²) in [6.45, 7) is 14.8. The Labute approximate surface area is 248 Å². The Morgan fingerprint density at radius 2 is 1.80 bits per heavy atom. The molecule has 1 aromatic carbocycles. The fourth-order valence-electron chi connectivity index (χ4n) is 4.55. The molecule has 1 aromatic rings. The van der Waals surface area contributed by atoms with Gasteiger partial charge >= 0.3 is 0 Å². The van der Waals surface area contributed by atoms with Crippen molar-refractivity contribution in [1.82, 2.24) is 15.1 Å².